The number of amides is 1. The van der Waals surface area contributed by atoms with Gasteiger partial charge in [0.1, 0.15) is 5.60 Å². The van der Waals surface area contributed by atoms with Crippen LogP contribution in [0.1, 0.15) is 46.5 Å². The Labute approximate surface area is 121 Å². The highest BCUT2D eigenvalue weighted by Gasteiger charge is 2.16. The Bertz CT molecular complexity index is 331. The third-order valence-corrected chi connectivity index (χ3v) is 3.01. The van der Waals surface area contributed by atoms with Crippen molar-refractivity contribution in [2.24, 2.45) is 4.99 Å². The van der Waals surface area contributed by atoms with E-state index in [2.05, 4.69) is 20.9 Å². The predicted molar refractivity (Wildman–Crippen MR) is 81.0 cm³/mol. The van der Waals surface area contributed by atoms with Crippen LogP contribution in [0, 0.1) is 0 Å². The van der Waals surface area contributed by atoms with Gasteiger partial charge in [0.15, 0.2) is 5.96 Å². The highest BCUT2D eigenvalue weighted by atomic mass is 16.6. The van der Waals surface area contributed by atoms with E-state index in [-0.39, 0.29) is 0 Å². The molecule has 0 heterocycles. The monoisotopic (exact) mass is 284 g/mol. The molecule has 0 aromatic carbocycles. The minimum Gasteiger partial charge on any atom is -0.444 e. The maximum Gasteiger partial charge on any atom is 0.407 e. The van der Waals surface area contributed by atoms with Gasteiger partial charge < -0.3 is 20.7 Å². The summed E-state index contributed by atoms with van der Waals surface area (Å²) >= 11 is 0. The van der Waals surface area contributed by atoms with Crippen molar-refractivity contribution in [2.45, 2.75) is 58.1 Å². The summed E-state index contributed by atoms with van der Waals surface area (Å²) in [4.78, 5) is 15.6. The van der Waals surface area contributed by atoms with Gasteiger partial charge in [-0.1, -0.05) is 12.8 Å². The van der Waals surface area contributed by atoms with Crippen LogP contribution in [0.3, 0.4) is 0 Å². The number of ether oxygens (including phenoxy) is 1. The van der Waals surface area contributed by atoms with Crippen molar-refractivity contribution in [2.75, 3.05) is 20.1 Å². The van der Waals surface area contributed by atoms with Crippen molar-refractivity contribution in [1.29, 1.82) is 0 Å². The lowest BCUT2D eigenvalue weighted by Gasteiger charge is -2.20. The van der Waals surface area contributed by atoms with Crippen molar-refractivity contribution in [1.82, 2.24) is 16.0 Å². The number of hydrogen-bond donors (Lipinski definition) is 3. The van der Waals surface area contributed by atoms with E-state index in [1.807, 2.05) is 20.8 Å². The number of nitrogens with one attached hydrogen (secondary N) is 3. The molecule has 20 heavy (non-hydrogen) atoms. The normalized spacial score (nSPS) is 16.9. The zero-order valence-electron chi connectivity index (χ0n) is 13.1. The van der Waals surface area contributed by atoms with E-state index >= 15 is 0 Å². The maximum absolute atomic E-state index is 11.4. The zero-order chi connectivity index (χ0) is 15.0. The van der Waals surface area contributed by atoms with Crippen LogP contribution in [-0.2, 0) is 4.74 Å². The number of carbonyl (C=O) groups excluding carboxylic acids is 1. The minimum atomic E-state index is -0.461. The third-order valence-electron chi connectivity index (χ3n) is 3.01. The second kappa shape index (κ2) is 7.97. The molecule has 0 aromatic heterocycles. The summed E-state index contributed by atoms with van der Waals surface area (Å²) in [7, 11) is 1.76. The Balaban J connectivity index is 2.14. The average molecular weight is 284 g/mol. The quantitative estimate of drug-likeness (QED) is 0.416. The molecule has 6 heteroatoms. The van der Waals surface area contributed by atoms with Gasteiger partial charge in [0, 0.05) is 26.2 Å². The maximum atomic E-state index is 11.4. The molecule has 1 rings (SSSR count). The summed E-state index contributed by atoms with van der Waals surface area (Å²) in [5.41, 5.74) is -0.461. The highest BCUT2D eigenvalue weighted by molar-refractivity contribution is 5.80. The Morgan fingerprint density at radius 1 is 1.20 bits per heavy atom. The summed E-state index contributed by atoms with van der Waals surface area (Å²) < 4.78 is 5.16. The first-order valence-electron chi connectivity index (χ1n) is 7.35. The minimum absolute atomic E-state index is 0.391. The van der Waals surface area contributed by atoms with E-state index < -0.39 is 11.7 Å². The molecule has 3 N–H and O–H groups in total. The van der Waals surface area contributed by atoms with E-state index in [1.54, 1.807) is 7.05 Å². The fourth-order valence-corrected chi connectivity index (χ4v) is 2.12. The fraction of sp³-hybridized carbons (Fsp3) is 0.857. The molecule has 6 nitrogen and oxygen atoms in total. The summed E-state index contributed by atoms with van der Waals surface area (Å²) in [5.74, 6) is 0.794. The number of aliphatic imine (C=N–C) groups is 1. The Hall–Kier alpha value is -1.46. The number of guanidine groups is 1. The van der Waals surface area contributed by atoms with Crippen LogP contribution >= 0.6 is 0 Å². The molecule has 1 aliphatic carbocycles. The molecule has 116 valence electrons. The van der Waals surface area contributed by atoms with Crippen LogP contribution < -0.4 is 16.0 Å². The van der Waals surface area contributed by atoms with E-state index in [0.29, 0.717) is 19.1 Å². The second-order valence-corrected chi connectivity index (χ2v) is 6.05. The van der Waals surface area contributed by atoms with Gasteiger partial charge >= 0.3 is 6.09 Å². The van der Waals surface area contributed by atoms with Crippen molar-refractivity contribution in [3.8, 4) is 0 Å². The fourth-order valence-electron chi connectivity index (χ4n) is 2.12. The van der Waals surface area contributed by atoms with Crippen LogP contribution in [-0.4, -0.2) is 43.8 Å². The van der Waals surface area contributed by atoms with Crippen LogP contribution in [0.25, 0.3) is 0 Å². The summed E-state index contributed by atoms with van der Waals surface area (Å²) in [6.07, 6.45) is 4.59. The molecule has 0 saturated heterocycles. The smallest absolute Gasteiger partial charge is 0.407 e. The van der Waals surface area contributed by atoms with E-state index in [4.69, 9.17) is 4.74 Å². The molecule has 0 spiro atoms. The van der Waals surface area contributed by atoms with Crippen molar-refractivity contribution in [3.63, 3.8) is 0 Å². The van der Waals surface area contributed by atoms with Gasteiger partial charge in [-0.25, -0.2) is 4.79 Å². The molecule has 0 bridgehead atoms. The molecule has 0 unspecified atom stereocenters. The number of alkyl carbamates (subject to hydrolysis) is 1. The Morgan fingerprint density at radius 2 is 1.80 bits per heavy atom. The lowest BCUT2D eigenvalue weighted by Crippen LogP contribution is -2.45. The molecule has 0 aliphatic heterocycles. The van der Waals surface area contributed by atoms with E-state index in [1.165, 1.54) is 25.7 Å². The lowest BCUT2D eigenvalue weighted by atomic mass is 10.2. The van der Waals surface area contributed by atoms with Crippen molar-refractivity contribution in [3.05, 3.63) is 0 Å². The highest BCUT2D eigenvalue weighted by Crippen LogP contribution is 2.17. The number of nitrogens with zero attached hydrogens (tertiary/aromatic N) is 1. The largest absolute Gasteiger partial charge is 0.444 e. The molecule has 0 aromatic rings. The lowest BCUT2D eigenvalue weighted by molar-refractivity contribution is 0.0529. The van der Waals surface area contributed by atoms with Crippen LogP contribution in [0.15, 0.2) is 4.99 Å². The molecular weight excluding hydrogens is 256 g/mol. The Kier molecular flexibility index (Phi) is 6.61. The Morgan fingerprint density at radius 3 is 2.35 bits per heavy atom. The number of hydrogen-bond acceptors (Lipinski definition) is 3. The SMILES string of the molecule is CN=C(NCCNC(=O)OC(C)(C)C)NC1CCCC1. The van der Waals surface area contributed by atoms with E-state index in [0.717, 1.165) is 5.96 Å². The molecule has 1 fully saturated rings. The molecular formula is C14H28N4O2. The second-order valence-electron chi connectivity index (χ2n) is 6.05. The van der Waals surface area contributed by atoms with Gasteiger partial charge in [0.25, 0.3) is 0 Å². The van der Waals surface area contributed by atoms with Crippen molar-refractivity contribution < 1.29 is 9.53 Å². The average Bonchev–Trinajstić information content (AvgIpc) is 2.83. The van der Waals surface area contributed by atoms with Gasteiger partial charge in [-0.15, -0.1) is 0 Å². The summed E-state index contributed by atoms with van der Waals surface area (Å²) in [6, 6.07) is 0.528. The first-order chi connectivity index (χ1) is 9.40. The van der Waals surface area contributed by atoms with Gasteiger partial charge in [0.2, 0.25) is 0 Å². The van der Waals surface area contributed by atoms with E-state index in [9.17, 15) is 4.79 Å². The summed E-state index contributed by atoms with van der Waals surface area (Å²) in [5, 5.41) is 9.28. The molecule has 1 amide bonds. The molecule has 0 atom stereocenters. The van der Waals surface area contributed by atoms with Gasteiger partial charge in [-0.2, -0.15) is 0 Å². The topological polar surface area (TPSA) is 74.8 Å². The summed E-state index contributed by atoms with van der Waals surface area (Å²) in [6.45, 7) is 6.65. The third kappa shape index (κ3) is 7.21. The number of carbonyl (C=O) groups is 1. The van der Waals surface area contributed by atoms with Crippen LogP contribution in [0.2, 0.25) is 0 Å². The molecule has 0 radical (unpaired) electrons. The standard InChI is InChI=1S/C14H28N4O2/c1-14(2,3)20-13(19)17-10-9-16-12(15-4)18-11-7-5-6-8-11/h11H,5-10H2,1-4H3,(H,17,19)(H2,15,16,18). The molecule has 1 saturated carbocycles. The van der Waals surface area contributed by atoms with Gasteiger partial charge in [-0.05, 0) is 33.6 Å². The first-order valence-corrected chi connectivity index (χ1v) is 7.35. The van der Waals surface area contributed by atoms with Gasteiger partial charge in [-0.3, -0.25) is 4.99 Å². The first kappa shape index (κ1) is 16.6. The van der Waals surface area contributed by atoms with Gasteiger partial charge in [0.05, 0.1) is 0 Å². The van der Waals surface area contributed by atoms with Crippen LogP contribution in [0.4, 0.5) is 4.79 Å². The van der Waals surface area contributed by atoms with Crippen LogP contribution in [0.5, 0.6) is 0 Å². The van der Waals surface area contributed by atoms with Crippen molar-refractivity contribution >= 4 is 12.1 Å². The zero-order valence-corrected chi connectivity index (χ0v) is 13.1. The molecule has 1 aliphatic rings. The number of rotatable bonds is 4. The predicted octanol–water partition coefficient (Wildman–Crippen LogP) is 1.62.